The highest BCUT2D eigenvalue weighted by Crippen LogP contribution is 2.40. The summed E-state index contributed by atoms with van der Waals surface area (Å²) in [5, 5.41) is 8.49. The van der Waals surface area contributed by atoms with Crippen molar-refractivity contribution in [1.29, 1.82) is 0 Å². The number of pyridine rings is 1. The summed E-state index contributed by atoms with van der Waals surface area (Å²) in [6.45, 7) is 0. The number of nitrogens with zero attached hydrogens (tertiary/aromatic N) is 2. The molecule has 0 fully saturated rings. The van der Waals surface area contributed by atoms with Gasteiger partial charge in [0.15, 0.2) is 5.58 Å². The fourth-order valence-corrected chi connectivity index (χ4v) is 7.24. The lowest BCUT2D eigenvalue weighted by Crippen LogP contribution is -1.92. The average Bonchev–Trinajstić information content (AvgIpc) is 3.62. The zero-order valence-electron chi connectivity index (χ0n) is 26.5. The number of rotatable bonds is 4. The molecule has 0 aliphatic carbocycles. The van der Waals surface area contributed by atoms with Crippen LogP contribution in [0.15, 0.2) is 174 Å². The maximum Gasteiger partial charge on any atom is 0.227 e. The van der Waals surface area contributed by atoms with Crippen molar-refractivity contribution in [1.82, 2.24) is 9.97 Å². The van der Waals surface area contributed by atoms with E-state index in [1.54, 1.807) is 0 Å². The molecule has 0 radical (unpaired) electrons. The maximum absolute atomic E-state index is 6.20. The molecule has 10 rings (SSSR count). The molecule has 0 atom stereocenters. The Hall–Kier alpha value is -6.58. The van der Waals surface area contributed by atoms with Crippen molar-refractivity contribution in [3.63, 3.8) is 0 Å². The summed E-state index contributed by atoms with van der Waals surface area (Å²) < 4.78 is 6.20. The van der Waals surface area contributed by atoms with Crippen LogP contribution in [0.1, 0.15) is 0 Å². The molecule has 8 aromatic carbocycles. The normalized spacial score (nSPS) is 11.7. The van der Waals surface area contributed by atoms with E-state index < -0.39 is 0 Å². The molecule has 10 aromatic rings. The van der Waals surface area contributed by atoms with Gasteiger partial charge in [0.05, 0.1) is 11.2 Å². The summed E-state index contributed by atoms with van der Waals surface area (Å²) in [5.74, 6) is 0.611. The predicted molar refractivity (Wildman–Crippen MR) is 204 cm³/mol. The Morgan fingerprint density at radius 2 is 1.04 bits per heavy atom. The van der Waals surface area contributed by atoms with E-state index in [1.807, 2.05) is 24.3 Å². The summed E-state index contributed by atoms with van der Waals surface area (Å²) in [4.78, 5) is 10.1. The second-order valence-corrected chi connectivity index (χ2v) is 12.6. The molecule has 0 amide bonds. The zero-order chi connectivity index (χ0) is 32.3. The standard InChI is InChI=1S/C46H28N2O/c1-2-11-30-24-34(21-20-29(30)10-1)44-28-40(31-13-9-14-35(25-31)46-48-43-18-7-8-19-45(43)49-46)41-27-33(22-23-42(41)47-44)39-26-32-12-3-4-15-36(32)37-16-5-6-17-38(37)39/h1-28H. The number of aromatic nitrogens is 2. The van der Waals surface area contributed by atoms with Crippen LogP contribution in [0.25, 0.3) is 99.3 Å². The number of hydrogen-bond donors (Lipinski definition) is 0. The third kappa shape index (κ3) is 4.67. The van der Waals surface area contributed by atoms with Gasteiger partial charge in [0, 0.05) is 16.5 Å². The Bertz CT molecular complexity index is 2870. The summed E-state index contributed by atoms with van der Waals surface area (Å²) in [7, 11) is 0. The van der Waals surface area contributed by atoms with E-state index in [0.717, 1.165) is 55.5 Å². The highest BCUT2D eigenvalue weighted by Gasteiger charge is 2.16. The lowest BCUT2D eigenvalue weighted by Gasteiger charge is -2.15. The van der Waals surface area contributed by atoms with Gasteiger partial charge in [-0.25, -0.2) is 9.97 Å². The SMILES string of the molecule is c1cc(-c2nc3ccccc3o2)cc(-c2cc(-c3ccc4ccccc4c3)nc3ccc(-c4cc5ccccc5c5ccccc45)cc23)c1. The van der Waals surface area contributed by atoms with Crippen LogP contribution in [0.3, 0.4) is 0 Å². The predicted octanol–water partition coefficient (Wildman–Crippen LogP) is 12.5. The van der Waals surface area contributed by atoms with Crippen molar-refractivity contribution in [3.8, 4) is 45.0 Å². The molecule has 228 valence electrons. The van der Waals surface area contributed by atoms with E-state index in [-0.39, 0.29) is 0 Å². The zero-order valence-corrected chi connectivity index (χ0v) is 26.5. The van der Waals surface area contributed by atoms with Crippen molar-refractivity contribution in [3.05, 3.63) is 170 Å². The van der Waals surface area contributed by atoms with Crippen molar-refractivity contribution in [2.45, 2.75) is 0 Å². The van der Waals surface area contributed by atoms with Gasteiger partial charge in [0.1, 0.15) is 5.52 Å². The van der Waals surface area contributed by atoms with E-state index in [0.29, 0.717) is 5.89 Å². The Labute approximate surface area is 282 Å². The first-order valence-electron chi connectivity index (χ1n) is 16.6. The molecule has 0 aliphatic heterocycles. The Kier molecular flexibility index (Phi) is 6.18. The fraction of sp³-hybridized carbons (Fsp3) is 0. The van der Waals surface area contributed by atoms with Crippen molar-refractivity contribution < 1.29 is 4.42 Å². The minimum atomic E-state index is 0.611. The molecule has 2 aromatic heterocycles. The van der Waals surface area contributed by atoms with Gasteiger partial charge in [-0.05, 0) is 109 Å². The lowest BCUT2D eigenvalue weighted by atomic mass is 9.91. The van der Waals surface area contributed by atoms with Gasteiger partial charge in [0.2, 0.25) is 5.89 Å². The summed E-state index contributed by atoms with van der Waals surface area (Å²) in [5.41, 5.74) is 10.1. The van der Waals surface area contributed by atoms with Gasteiger partial charge in [-0.3, -0.25) is 0 Å². The minimum Gasteiger partial charge on any atom is -0.436 e. The number of fused-ring (bicyclic) bond motifs is 6. The number of para-hydroxylation sites is 2. The van der Waals surface area contributed by atoms with Crippen LogP contribution < -0.4 is 0 Å². The monoisotopic (exact) mass is 624 g/mol. The van der Waals surface area contributed by atoms with Gasteiger partial charge >= 0.3 is 0 Å². The van der Waals surface area contributed by atoms with E-state index >= 15 is 0 Å². The molecule has 0 saturated heterocycles. The van der Waals surface area contributed by atoms with E-state index in [1.165, 1.54) is 37.9 Å². The topological polar surface area (TPSA) is 38.9 Å². The summed E-state index contributed by atoms with van der Waals surface area (Å²) in [6.07, 6.45) is 0. The molecular formula is C46H28N2O. The molecule has 0 spiro atoms. The van der Waals surface area contributed by atoms with Crippen LogP contribution in [-0.2, 0) is 0 Å². The number of oxazole rings is 1. The molecule has 0 saturated carbocycles. The Balaban J connectivity index is 1.21. The van der Waals surface area contributed by atoms with E-state index in [9.17, 15) is 0 Å². The summed E-state index contributed by atoms with van der Waals surface area (Å²) >= 11 is 0. The molecule has 3 heteroatoms. The van der Waals surface area contributed by atoms with Crippen LogP contribution in [-0.4, -0.2) is 9.97 Å². The van der Waals surface area contributed by atoms with Gasteiger partial charge in [-0.15, -0.1) is 0 Å². The van der Waals surface area contributed by atoms with E-state index in [4.69, 9.17) is 14.4 Å². The van der Waals surface area contributed by atoms with Crippen LogP contribution >= 0.6 is 0 Å². The quantitative estimate of drug-likeness (QED) is 0.183. The first kappa shape index (κ1) is 27.5. The molecule has 49 heavy (non-hydrogen) atoms. The van der Waals surface area contributed by atoms with Crippen LogP contribution in [0.4, 0.5) is 0 Å². The minimum absolute atomic E-state index is 0.611. The highest BCUT2D eigenvalue weighted by atomic mass is 16.3. The lowest BCUT2D eigenvalue weighted by molar-refractivity contribution is 0.620. The first-order valence-corrected chi connectivity index (χ1v) is 16.6. The third-order valence-electron chi connectivity index (χ3n) is 9.65. The molecule has 2 heterocycles. The molecular weight excluding hydrogens is 597 g/mol. The Morgan fingerprint density at radius 1 is 0.347 bits per heavy atom. The van der Waals surface area contributed by atoms with Gasteiger partial charge in [0.25, 0.3) is 0 Å². The van der Waals surface area contributed by atoms with Crippen molar-refractivity contribution in [2.24, 2.45) is 0 Å². The van der Waals surface area contributed by atoms with Crippen molar-refractivity contribution in [2.75, 3.05) is 0 Å². The molecule has 3 nitrogen and oxygen atoms in total. The fourth-order valence-electron chi connectivity index (χ4n) is 7.24. The van der Waals surface area contributed by atoms with E-state index in [2.05, 4.69) is 146 Å². The van der Waals surface area contributed by atoms with Crippen LogP contribution in [0.2, 0.25) is 0 Å². The van der Waals surface area contributed by atoms with Gasteiger partial charge in [-0.1, -0.05) is 115 Å². The molecule has 0 unspecified atom stereocenters. The molecule has 0 N–H and O–H groups in total. The number of benzene rings is 8. The van der Waals surface area contributed by atoms with Gasteiger partial charge < -0.3 is 4.42 Å². The second kappa shape index (κ2) is 11.0. The second-order valence-electron chi connectivity index (χ2n) is 12.6. The first-order chi connectivity index (χ1) is 24.2. The highest BCUT2D eigenvalue weighted by molar-refractivity contribution is 6.14. The maximum atomic E-state index is 6.20. The Morgan fingerprint density at radius 3 is 1.94 bits per heavy atom. The van der Waals surface area contributed by atoms with Crippen molar-refractivity contribution >= 4 is 54.3 Å². The third-order valence-corrected chi connectivity index (χ3v) is 9.65. The number of hydrogen-bond acceptors (Lipinski definition) is 3. The van der Waals surface area contributed by atoms with Gasteiger partial charge in [-0.2, -0.15) is 0 Å². The average molecular weight is 625 g/mol. The largest absolute Gasteiger partial charge is 0.436 e. The summed E-state index contributed by atoms with van der Waals surface area (Å²) in [6, 6.07) is 60.1. The molecule has 0 bridgehead atoms. The smallest absolute Gasteiger partial charge is 0.227 e. The molecule has 0 aliphatic rings. The van der Waals surface area contributed by atoms with Crippen LogP contribution in [0.5, 0.6) is 0 Å². The van der Waals surface area contributed by atoms with Crippen LogP contribution in [0, 0.1) is 0 Å².